The van der Waals surface area contributed by atoms with E-state index in [4.69, 9.17) is 5.73 Å². The molecule has 1 nitrogen and oxygen atoms in total. The number of rotatable bonds is 2. The predicted octanol–water partition coefficient (Wildman–Crippen LogP) is 4.18. The summed E-state index contributed by atoms with van der Waals surface area (Å²) in [4.78, 5) is 0. The molecule has 5 heteroatoms. The van der Waals surface area contributed by atoms with Gasteiger partial charge >= 0.3 is 6.18 Å². The van der Waals surface area contributed by atoms with Crippen LogP contribution in [-0.4, -0.2) is 0 Å². The largest absolute Gasteiger partial charge is 0.416 e. The van der Waals surface area contributed by atoms with E-state index in [0.717, 1.165) is 17.7 Å². The summed E-state index contributed by atoms with van der Waals surface area (Å²) in [5, 5.41) is 0. The van der Waals surface area contributed by atoms with E-state index in [0.29, 0.717) is 5.56 Å². The van der Waals surface area contributed by atoms with Gasteiger partial charge in [-0.2, -0.15) is 13.2 Å². The van der Waals surface area contributed by atoms with E-state index in [1.807, 2.05) is 18.2 Å². The van der Waals surface area contributed by atoms with Gasteiger partial charge in [0, 0.05) is 0 Å². The number of benzene rings is 2. The fourth-order valence-corrected chi connectivity index (χ4v) is 1.76. The highest BCUT2D eigenvalue weighted by atomic mass is 35.5. The van der Waals surface area contributed by atoms with Crippen molar-refractivity contribution in [3.8, 4) is 0 Å². The molecule has 2 aromatic carbocycles. The lowest BCUT2D eigenvalue weighted by Crippen LogP contribution is -2.13. The zero-order valence-corrected chi connectivity index (χ0v) is 10.7. The van der Waals surface area contributed by atoms with Crippen LogP contribution < -0.4 is 5.73 Å². The van der Waals surface area contributed by atoms with Crippen molar-refractivity contribution in [1.82, 2.24) is 0 Å². The summed E-state index contributed by atoms with van der Waals surface area (Å²) in [7, 11) is 0. The van der Waals surface area contributed by atoms with E-state index in [9.17, 15) is 13.2 Å². The van der Waals surface area contributed by atoms with Crippen molar-refractivity contribution in [3.05, 3.63) is 71.3 Å². The van der Waals surface area contributed by atoms with Crippen LogP contribution in [0.25, 0.3) is 0 Å². The van der Waals surface area contributed by atoms with Crippen LogP contribution in [0.1, 0.15) is 22.7 Å². The van der Waals surface area contributed by atoms with Gasteiger partial charge in [-0.05, 0) is 23.3 Å². The van der Waals surface area contributed by atoms with Crippen molar-refractivity contribution in [3.63, 3.8) is 0 Å². The van der Waals surface area contributed by atoms with Crippen molar-refractivity contribution in [2.45, 2.75) is 12.2 Å². The Labute approximate surface area is 115 Å². The zero-order chi connectivity index (χ0) is 13.2. The topological polar surface area (TPSA) is 26.0 Å². The molecule has 1 atom stereocenters. The SMILES string of the molecule is Cl.NC(c1ccccc1)c1cccc(C(F)(F)F)c1. The molecule has 0 saturated carbocycles. The maximum Gasteiger partial charge on any atom is 0.416 e. The molecule has 102 valence electrons. The van der Waals surface area contributed by atoms with Gasteiger partial charge in [-0.25, -0.2) is 0 Å². The van der Waals surface area contributed by atoms with Gasteiger partial charge in [0.25, 0.3) is 0 Å². The fourth-order valence-electron chi connectivity index (χ4n) is 1.76. The fraction of sp³-hybridized carbons (Fsp3) is 0.143. The predicted molar refractivity (Wildman–Crippen MR) is 71.2 cm³/mol. The first-order valence-electron chi connectivity index (χ1n) is 5.46. The lowest BCUT2D eigenvalue weighted by molar-refractivity contribution is -0.137. The van der Waals surface area contributed by atoms with Crippen molar-refractivity contribution in [1.29, 1.82) is 0 Å². The molecule has 2 N–H and O–H groups in total. The van der Waals surface area contributed by atoms with E-state index >= 15 is 0 Å². The first kappa shape index (κ1) is 15.5. The number of nitrogens with two attached hydrogens (primary N) is 1. The molecule has 0 saturated heterocycles. The van der Waals surface area contributed by atoms with Gasteiger partial charge in [-0.15, -0.1) is 12.4 Å². The second-order valence-corrected chi connectivity index (χ2v) is 4.01. The summed E-state index contributed by atoms with van der Waals surface area (Å²) in [5.74, 6) is 0. The summed E-state index contributed by atoms with van der Waals surface area (Å²) in [6.45, 7) is 0. The van der Waals surface area contributed by atoms with Gasteiger partial charge in [-0.3, -0.25) is 0 Å². The highest BCUT2D eigenvalue weighted by molar-refractivity contribution is 5.85. The average Bonchev–Trinajstić information content (AvgIpc) is 2.38. The Kier molecular flexibility index (Phi) is 4.97. The second kappa shape index (κ2) is 6.08. The third-order valence-electron chi connectivity index (χ3n) is 2.73. The molecule has 0 aliphatic carbocycles. The van der Waals surface area contributed by atoms with Gasteiger partial charge < -0.3 is 5.73 Å². The molecule has 0 aliphatic rings. The van der Waals surface area contributed by atoms with E-state index in [2.05, 4.69) is 0 Å². The average molecular weight is 288 g/mol. The molecule has 0 spiro atoms. The smallest absolute Gasteiger partial charge is 0.320 e. The molecular weight excluding hydrogens is 275 g/mol. The Hall–Kier alpha value is -1.52. The van der Waals surface area contributed by atoms with Gasteiger partial charge in [0.1, 0.15) is 0 Å². The third kappa shape index (κ3) is 3.72. The standard InChI is InChI=1S/C14H12F3N.ClH/c15-14(16,17)12-8-4-7-11(9-12)13(18)10-5-2-1-3-6-10;/h1-9,13H,18H2;1H. The summed E-state index contributed by atoms with van der Waals surface area (Å²) in [6.07, 6.45) is -4.34. The summed E-state index contributed by atoms with van der Waals surface area (Å²) in [6, 6.07) is 13.6. The molecule has 0 bridgehead atoms. The summed E-state index contributed by atoms with van der Waals surface area (Å²) < 4.78 is 37.8. The van der Waals surface area contributed by atoms with Gasteiger partial charge in [0.05, 0.1) is 11.6 Å². The molecule has 2 rings (SSSR count). The number of halogens is 4. The highest BCUT2D eigenvalue weighted by Crippen LogP contribution is 2.31. The first-order valence-corrected chi connectivity index (χ1v) is 5.46. The van der Waals surface area contributed by atoms with Crippen LogP contribution in [0.15, 0.2) is 54.6 Å². The monoisotopic (exact) mass is 287 g/mol. The normalized spacial score (nSPS) is 12.6. The number of alkyl halides is 3. The number of hydrogen-bond donors (Lipinski definition) is 1. The Bertz CT molecular complexity index is 526. The van der Waals surface area contributed by atoms with Crippen molar-refractivity contribution >= 4 is 12.4 Å². The molecular formula is C14H13ClF3N. The lowest BCUT2D eigenvalue weighted by Gasteiger charge is -2.14. The quantitative estimate of drug-likeness (QED) is 0.881. The lowest BCUT2D eigenvalue weighted by atomic mass is 9.98. The van der Waals surface area contributed by atoms with Crippen LogP contribution in [0.5, 0.6) is 0 Å². The minimum atomic E-state index is -4.34. The van der Waals surface area contributed by atoms with Crippen LogP contribution in [0, 0.1) is 0 Å². The van der Waals surface area contributed by atoms with Crippen LogP contribution >= 0.6 is 12.4 Å². The molecule has 19 heavy (non-hydrogen) atoms. The highest BCUT2D eigenvalue weighted by Gasteiger charge is 2.30. The minimum absolute atomic E-state index is 0. The van der Waals surface area contributed by atoms with Crippen LogP contribution in [0.3, 0.4) is 0 Å². The van der Waals surface area contributed by atoms with Gasteiger partial charge in [-0.1, -0.05) is 42.5 Å². The minimum Gasteiger partial charge on any atom is -0.320 e. The van der Waals surface area contributed by atoms with E-state index in [1.165, 1.54) is 6.07 Å². The molecule has 0 fully saturated rings. The van der Waals surface area contributed by atoms with Crippen molar-refractivity contribution in [2.24, 2.45) is 5.73 Å². The molecule has 0 amide bonds. The Morgan fingerprint density at radius 1 is 0.842 bits per heavy atom. The molecule has 1 unspecified atom stereocenters. The number of hydrogen-bond acceptors (Lipinski definition) is 1. The Morgan fingerprint density at radius 2 is 1.42 bits per heavy atom. The molecule has 0 aromatic heterocycles. The Morgan fingerprint density at radius 3 is 2.00 bits per heavy atom. The van der Waals surface area contributed by atoms with Gasteiger partial charge in [0.2, 0.25) is 0 Å². The van der Waals surface area contributed by atoms with Gasteiger partial charge in [0.15, 0.2) is 0 Å². The summed E-state index contributed by atoms with van der Waals surface area (Å²) in [5.41, 5.74) is 6.53. The molecule has 2 aromatic rings. The molecule has 0 radical (unpaired) electrons. The van der Waals surface area contributed by atoms with E-state index in [-0.39, 0.29) is 12.4 Å². The Balaban J connectivity index is 0.00000180. The third-order valence-corrected chi connectivity index (χ3v) is 2.73. The van der Waals surface area contributed by atoms with Crippen LogP contribution in [0.4, 0.5) is 13.2 Å². The van der Waals surface area contributed by atoms with Crippen molar-refractivity contribution in [2.75, 3.05) is 0 Å². The van der Waals surface area contributed by atoms with Crippen LogP contribution in [0.2, 0.25) is 0 Å². The molecule has 0 aliphatic heterocycles. The maximum absolute atomic E-state index is 12.6. The summed E-state index contributed by atoms with van der Waals surface area (Å²) >= 11 is 0. The van der Waals surface area contributed by atoms with E-state index < -0.39 is 17.8 Å². The first-order chi connectivity index (χ1) is 8.48. The zero-order valence-electron chi connectivity index (χ0n) is 9.89. The molecule has 0 heterocycles. The van der Waals surface area contributed by atoms with E-state index in [1.54, 1.807) is 18.2 Å². The van der Waals surface area contributed by atoms with Crippen LogP contribution in [-0.2, 0) is 6.18 Å². The second-order valence-electron chi connectivity index (χ2n) is 4.01. The maximum atomic E-state index is 12.6. The van der Waals surface area contributed by atoms with Crippen molar-refractivity contribution < 1.29 is 13.2 Å².